The average molecular weight is 273 g/mol. The zero-order chi connectivity index (χ0) is 14.1. The van der Waals surface area contributed by atoms with E-state index in [0.29, 0.717) is 52.4 Å². The quantitative estimate of drug-likeness (QED) is 0.451. The molecule has 0 spiro atoms. The highest BCUT2D eigenvalue weighted by Gasteiger charge is 2.22. The minimum atomic E-state index is -0.235. The molecule has 1 amide bonds. The molecule has 19 heavy (non-hydrogen) atoms. The van der Waals surface area contributed by atoms with E-state index in [2.05, 4.69) is 10.1 Å². The second kappa shape index (κ2) is 8.84. The molecule has 0 aromatic carbocycles. The van der Waals surface area contributed by atoms with Gasteiger partial charge in [0.15, 0.2) is 0 Å². The van der Waals surface area contributed by atoms with Gasteiger partial charge in [-0.15, -0.1) is 0 Å². The second-order valence-corrected chi connectivity index (χ2v) is 4.40. The molecule has 0 aromatic heterocycles. The Morgan fingerprint density at radius 2 is 1.84 bits per heavy atom. The maximum absolute atomic E-state index is 11.9. The Kier molecular flexibility index (Phi) is 7.39. The Morgan fingerprint density at radius 1 is 1.16 bits per heavy atom. The standard InChI is InChI=1S/C12H23N3O4/c1-18-8-3-13-9-11(16)15-6-4-14(5-7-15)10-12(17)19-2/h13H,3-10H2,1-2H3. The Balaban J connectivity index is 2.18. The highest BCUT2D eigenvalue weighted by atomic mass is 16.5. The summed E-state index contributed by atoms with van der Waals surface area (Å²) < 4.78 is 9.51. The predicted molar refractivity (Wildman–Crippen MR) is 69.8 cm³/mol. The summed E-state index contributed by atoms with van der Waals surface area (Å²) in [7, 11) is 3.01. The molecule has 7 heteroatoms. The van der Waals surface area contributed by atoms with Crippen LogP contribution < -0.4 is 5.32 Å². The van der Waals surface area contributed by atoms with Crippen LogP contribution in [0.1, 0.15) is 0 Å². The lowest BCUT2D eigenvalue weighted by molar-refractivity contribution is -0.142. The molecule has 7 nitrogen and oxygen atoms in total. The van der Waals surface area contributed by atoms with Crippen LogP contribution in [-0.2, 0) is 19.1 Å². The van der Waals surface area contributed by atoms with E-state index < -0.39 is 0 Å². The molecule has 0 atom stereocenters. The van der Waals surface area contributed by atoms with Crippen LogP contribution in [-0.4, -0.2) is 88.3 Å². The first-order valence-electron chi connectivity index (χ1n) is 6.44. The van der Waals surface area contributed by atoms with Crippen molar-refractivity contribution >= 4 is 11.9 Å². The highest BCUT2D eigenvalue weighted by Crippen LogP contribution is 2.01. The van der Waals surface area contributed by atoms with E-state index in [4.69, 9.17) is 4.74 Å². The second-order valence-electron chi connectivity index (χ2n) is 4.40. The number of ether oxygens (including phenoxy) is 2. The molecular weight excluding hydrogens is 250 g/mol. The van der Waals surface area contributed by atoms with Gasteiger partial charge in [0, 0.05) is 39.8 Å². The topological polar surface area (TPSA) is 71.1 Å². The summed E-state index contributed by atoms with van der Waals surface area (Å²) >= 11 is 0. The van der Waals surface area contributed by atoms with E-state index in [1.165, 1.54) is 7.11 Å². The van der Waals surface area contributed by atoms with Gasteiger partial charge in [0.05, 0.1) is 26.8 Å². The van der Waals surface area contributed by atoms with Crippen molar-refractivity contribution in [2.24, 2.45) is 0 Å². The average Bonchev–Trinajstić information content (AvgIpc) is 2.44. The SMILES string of the molecule is COCCNCC(=O)N1CCN(CC(=O)OC)CC1. The summed E-state index contributed by atoms with van der Waals surface area (Å²) in [6, 6.07) is 0. The number of methoxy groups -OCH3 is 2. The Bertz CT molecular complexity index is 291. The van der Waals surface area contributed by atoms with Crippen LogP contribution in [0.25, 0.3) is 0 Å². The number of nitrogens with zero attached hydrogens (tertiary/aromatic N) is 2. The third-order valence-corrected chi connectivity index (χ3v) is 3.06. The maximum atomic E-state index is 11.9. The minimum Gasteiger partial charge on any atom is -0.468 e. The van der Waals surface area contributed by atoms with E-state index >= 15 is 0 Å². The van der Waals surface area contributed by atoms with Crippen molar-refractivity contribution in [1.29, 1.82) is 0 Å². The van der Waals surface area contributed by atoms with Gasteiger partial charge in [-0.2, -0.15) is 0 Å². The molecule has 0 radical (unpaired) electrons. The van der Waals surface area contributed by atoms with Crippen molar-refractivity contribution in [3.8, 4) is 0 Å². The molecule has 0 aliphatic carbocycles. The van der Waals surface area contributed by atoms with Crippen LogP contribution in [0.2, 0.25) is 0 Å². The lowest BCUT2D eigenvalue weighted by Gasteiger charge is -2.34. The summed E-state index contributed by atoms with van der Waals surface area (Å²) in [5, 5.41) is 3.03. The number of esters is 1. The minimum absolute atomic E-state index is 0.0915. The normalized spacial score (nSPS) is 16.4. The van der Waals surface area contributed by atoms with Crippen molar-refractivity contribution < 1.29 is 19.1 Å². The number of carbonyl (C=O) groups is 2. The first-order valence-corrected chi connectivity index (χ1v) is 6.44. The molecule has 1 N–H and O–H groups in total. The van der Waals surface area contributed by atoms with Crippen LogP contribution in [0.5, 0.6) is 0 Å². The van der Waals surface area contributed by atoms with Crippen LogP contribution in [0.15, 0.2) is 0 Å². The van der Waals surface area contributed by atoms with Gasteiger partial charge in [0.2, 0.25) is 5.91 Å². The smallest absolute Gasteiger partial charge is 0.319 e. The first-order chi connectivity index (χ1) is 9.17. The molecule has 1 saturated heterocycles. The third kappa shape index (κ3) is 6.00. The van der Waals surface area contributed by atoms with Crippen LogP contribution in [0.3, 0.4) is 0 Å². The van der Waals surface area contributed by atoms with Gasteiger partial charge in [-0.25, -0.2) is 0 Å². The van der Waals surface area contributed by atoms with Crippen molar-refractivity contribution in [2.75, 3.05) is 66.6 Å². The van der Waals surface area contributed by atoms with E-state index in [-0.39, 0.29) is 11.9 Å². The van der Waals surface area contributed by atoms with E-state index in [1.54, 1.807) is 7.11 Å². The van der Waals surface area contributed by atoms with E-state index in [9.17, 15) is 9.59 Å². The molecule has 110 valence electrons. The summed E-state index contributed by atoms with van der Waals surface area (Å²) in [5.74, 6) is -0.144. The zero-order valence-electron chi connectivity index (χ0n) is 11.7. The Hall–Kier alpha value is -1.18. The molecule has 0 saturated carbocycles. The van der Waals surface area contributed by atoms with Gasteiger partial charge >= 0.3 is 5.97 Å². The fourth-order valence-corrected chi connectivity index (χ4v) is 1.88. The summed E-state index contributed by atoms with van der Waals surface area (Å²) in [6.07, 6.45) is 0. The van der Waals surface area contributed by atoms with Gasteiger partial charge < -0.3 is 19.7 Å². The van der Waals surface area contributed by atoms with Gasteiger partial charge in [-0.3, -0.25) is 14.5 Å². The number of carbonyl (C=O) groups excluding carboxylic acids is 2. The number of hydrogen-bond acceptors (Lipinski definition) is 6. The van der Waals surface area contributed by atoms with Gasteiger partial charge in [0.1, 0.15) is 0 Å². The molecule has 0 unspecified atom stereocenters. The zero-order valence-corrected chi connectivity index (χ0v) is 11.7. The number of amides is 1. The van der Waals surface area contributed by atoms with Gasteiger partial charge in [-0.1, -0.05) is 0 Å². The molecule has 1 rings (SSSR count). The number of rotatable bonds is 7. The maximum Gasteiger partial charge on any atom is 0.319 e. The molecule has 0 bridgehead atoms. The first kappa shape index (κ1) is 15.9. The fraction of sp³-hybridized carbons (Fsp3) is 0.833. The predicted octanol–water partition coefficient (Wildman–Crippen LogP) is -1.46. The lowest BCUT2D eigenvalue weighted by atomic mass is 10.3. The molecule has 0 aromatic rings. The number of nitrogens with one attached hydrogen (secondary N) is 1. The fourth-order valence-electron chi connectivity index (χ4n) is 1.88. The van der Waals surface area contributed by atoms with Crippen LogP contribution >= 0.6 is 0 Å². The van der Waals surface area contributed by atoms with Crippen molar-refractivity contribution in [2.45, 2.75) is 0 Å². The Morgan fingerprint density at radius 3 is 2.42 bits per heavy atom. The van der Waals surface area contributed by atoms with Crippen LogP contribution in [0, 0.1) is 0 Å². The molecular formula is C12H23N3O4. The third-order valence-electron chi connectivity index (χ3n) is 3.06. The lowest BCUT2D eigenvalue weighted by Crippen LogP contribution is -2.51. The molecule has 1 heterocycles. The monoisotopic (exact) mass is 273 g/mol. The molecule has 1 aliphatic rings. The van der Waals surface area contributed by atoms with Gasteiger partial charge in [0.25, 0.3) is 0 Å². The van der Waals surface area contributed by atoms with Crippen molar-refractivity contribution in [3.63, 3.8) is 0 Å². The number of piperazine rings is 1. The molecule has 1 aliphatic heterocycles. The highest BCUT2D eigenvalue weighted by molar-refractivity contribution is 5.78. The van der Waals surface area contributed by atoms with Crippen molar-refractivity contribution in [1.82, 2.24) is 15.1 Å². The van der Waals surface area contributed by atoms with Gasteiger partial charge in [-0.05, 0) is 0 Å². The van der Waals surface area contributed by atoms with E-state index in [0.717, 1.165) is 0 Å². The summed E-state index contributed by atoms with van der Waals surface area (Å²) in [6.45, 7) is 4.62. The number of hydrogen-bond donors (Lipinski definition) is 1. The summed E-state index contributed by atoms with van der Waals surface area (Å²) in [4.78, 5) is 26.8. The summed E-state index contributed by atoms with van der Waals surface area (Å²) in [5.41, 5.74) is 0. The largest absolute Gasteiger partial charge is 0.468 e. The molecule has 1 fully saturated rings. The van der Waals surface area contributed by atoms with Crippen molar-refractivity contribution in [3.05, 3.63) is 0 Å². The van der Waals surface area contributed by atoms with E-state index in [1.807, 2.05) is 9.80 Å². The Labute approximate surface area is 113 Å². The van der Waals surface area contributed by atoms with Crippen LogP contribution in [0.4, 0.5) is 0 Å².